The molecule has 4 nitrogen and oxygen atoms in total. The molecule has 1 aromatic carbocycles. The van der Waals surface area contributed by atoms with E-state index >= 15 is 0 Å². The van der Waals surface area contributed by atoms with Gasteiger partial charge in [-0.2, -0.15) is 0 Å². The first-order valence-corrected chi connectivity index (χ1v) is 7.35. The second-order valence-electron chi connectivity index (χ2n) is 5.94. The number of anilines is 1. The molecule has 0 heterocycles. The topological polar surface area (TPSA) is 47.6 Å². The van der Waals surface area contributed by atoms with Crippen LogP contribution in [-0.2, 0) is 9.53 Å². The summed E-state index contributed by atoms with van der Waals surface area (Å²) in [6.45, 7) is 11.6. The van der Waals surface area contributed by atoms with Crippen LogP contribution in [0.3, 0.4) is 0 Å². The summed E-state index contributed by atoms with van der Waals surface area (Å²) in [6, 6.07) is 3.85. The third kappa shape index (κ3) is 4.46. The minimum atomic E-state index is -0.853. The van der Waals surface area contributed by atoms with Crippen LogP contribution in [0.1, 0.15) is 45.2 Å². The average molecular weight is 293 g/mol. The molecule has 0 aliphatic rings. The van der Waals surface area contributed by atoms with E-state index in [4.69, 9.17) is 9.47 Å². The summed E-state index contributed by atoms with van der Waals surface area (Å²) in [4.78, 5) is 12.1. The fraction of sp³-hybridized carbons (Fsp3) is 0.588. The van der Waals surface area contributed by atoms with Crippen LogP contribution in [0.2, 0.25) is 0 Å². The first kappa shape index (κ1) is 17.5. The van der Waals surface area contributed by atoms with Gasteiger partial charge < -0.3 is 14.8 Å². The van der Waals surface area contributed by atoms with E-state index in [1.807, 2.05) is 26.0 Å². The van der Waals surface area contributed by atoms with Crippen molar-refractivity contribution in [3.05, 3.63) is 23.3 Å². The number of methoxy groups -OCH3 is 1. The Morgan fingerprint density at radius 3 is 2.24 bits per heavy atom. The van der Waals surface area contributed by atoms with E-state index < -0.39 is 5.60 Å². The molecule has 1 aromatic rings. The fourth-order valence-corrected chi connectivity index (χ4v) is 1.87. The maximum atomic E-state index is 12.1. The highest BCUT2D eigenvalue weighted by Crippen LogP contribution is 2.29. The summed E-state index contributed by atoms with van der Waals surface area (Å²) in [5.41, 5.74) is 1.94. The molecule has 0 unspecified atom stereocenters. The number of carbonyl (C=O) groups is 1. The molecule has 1 amide bonds. The number of carbonyl (C=O) groups excluding carboxylic acids is 1. The number of rotatable bonds is 6. The first-order chi connectivity index (χ1) is 9.71. The zero-order chi connectivity index (χ0) is 16.2. The van der Waals surface area contributed by atoms with Crippen molar-refractivity contribution < 1.29 is 14.3 Å². The lowest BCUT2D eigenvalue weighted by Crippen LogP contribution is -2.38. The molecule has 0 spiro atoms. The lowest BCUT2D eigenvalue weighted by atomic mass is 10.1. The van der Waals surface area contributed by atoms with Gasteiger partial charge in [-0.1, -0.05) is 6.92 Å². The van der Waals surface area contributed by atoms with Crippen molar-refractivity contribution in [1.82, 2.24) is 0 Å². The van der Waals surface area contributed by atoms with Gasteiger partial charge in [-0.15, -0.1) is 0 Å². The van der Waals surface area contributed by atoms with Gasteiger partial charge in [-0.25, -0.2) is 0 Å². The fourth-order valence-electron chi connectivity index (χ4n) is 1.87. The third-order valence-electron chi connectivity index (χ3n) is 3.67. The van der Waals surface area contributed by atoms with Crippen LogP contribution < -0.4 is 10.1 Å². The first-order valence-electron chi connectivity index (χ1n) is 7.35. The minimum Gasteiger partial charge on any atom is -0.490 e. The van der Waals surface area contributed by atoms with Gasteiger partial charge in [0.25, 0.3) is 5.91 Å². The number of amides is 1. The Bertz CT molecular complexity index is 486. The molecule has 0 bridgehead atoms. The molecule has 0 aliphatic carbocycles. The van der Waals surface area contributed by atoms with Crippen LogP contribution in [0.5, 0.6) is 5.75 Å². The highest BCUT2D eigenvalue weighted by Gasteiger charge is 2.27. The number of hydrogen-bond donors (Lipinski definition) is 1. The molecule has 0 saturated heterocycles. The zero-order valence-electron chi connectivity index (χ0n) is 14.2. The summed E-state index contributed by atoms with van der Waals surface area (Å²) >= 11 is 0. The van der Waals surface area contributed by atoms with Crippen molar-refractivity contribution in [2.75, 3.05) is 12.4 Å². The molecule has 118 valence electrons. The Morgan fingerprint density at radius 2 is 1.81 bits per heavy atom. The van der Waals surface area contributed by atoms with Crippen LogP contribution in [0.4, 0.5) is 5.69 Å². The molecular weight excluding hydrogens is 266 g/mol. The van der Waals surface area contributed by atoms with Gasteiger partial charge in [0.05, 0.1) is 6.10 Å². The Kier molecular flexibility index (Phi) is 5.78. The molecule has 1 atom stereocenters. The monoisotopic (exact) mass is 293 g/mol. The maximum Gasteiger partial charge on any atom is 0.256 e. The van der Waals surface area contributed by atoms with Crippen molar-refractivity contribution in [1.29, 1.82) is 0 Å². The van der Waals surface area contributed by atoms with E-state index in [1.165, 1.54) is 7.11 Å². The summed E-state index contributed by atoms with van der Waals surface area (Å²) in [5.74, 6) is 0.729. The van der Waals surface area contributed by atoms with Crippen molar-refractivity contribution in [2.45, 2.75) is 59.7 Å². The van der Waals surface area contributed by atoms with Crippen molar-refractivity contribution in [3.63, 3.8) is 0 Å². The molecule has 4 heteroatoms. The standard InChI is InChI=1S/C17H27NO3/c1-8-13(4)21-15-11(2)9-14(10-12(15)3)18-16(19)17(5,6)20-7/h9-10,13H,8H2,1-7H3,(H,18,19)/t13-/m0/s1. The van der Waals surface area contributed by atoms with E-state index in [1.54, 1.807) is 13.8 Å². The maximum absolute atomic E-state index is 12.1. The van der Waals surface area contributed by atoms with E-state index in [-0.39, 0.29) is 12.0 Å². The van der Waals surface area contributed by atoms with Crippen LogP contribution in [0.15, 0.2) is 12.1 Å². The Labute approximate surface area is 127 Å². The molecule has 0 aliphatic heterocycles. The molecule has 0 saturated carbocycles. The molecule has 0 fully saturated rings. The summed E-state index contributed by atoms with van der Waals surface area (Å²) in [6.07, 6.45) is 1.13. The normalized spacial score (nSPS) is 12.9. The Hall–Kier alpha value is -1.55. The zero-order valence-corrected chi connectivity index (χ0v) is 14.2. The predicted molar refractivity (Wildman–Crippen MR) is 86.0 cm³/mol. The minimum absolute atomic E-state index is 0.167. The van der Waals surface area contributed by atoms with E-state index in [0.717, 1.165) is 29.0 Å². The number of hydrogen-bond acceptors (Lipinski definition) is 3. The number of benzene rings is 1. The van der Waals surface area contributed by atoms with Gasteiger partial charge in [0.15, 0.2) is 0 Å². The predicted octanol–water partition coefficient (Wildman–Crippen LogP) is 3.84. The summed E-state index contributed by atoms with van der Waals surface area (Å²) in [5, 5.41) is 2.89. The highest BCUT2D eigenvalue weighted by molar-refractivity contribution is 5.97. The number of aryl methyl sites for hydroxylation is 2. The highest BCUT2D eigenvalue weighted by atomic mass is 16.5. The molecular formula is C17H27NO3. The average Bonchev–Trinajstić information content (AvgIpc) is 2.42. The van der Waals surface area contributed by atoms with Gasteiger partial charge >= 0.3 is 0 Å². The second-order valence-corrected chi connectivity index (χ2v) is 5.94. The lowest BCUT2D eigenvalue weighted by Gasteiger charge is -2.23. The van der Waals surface area contributed by atoms with Gasteiger partial charge in [-0.3, -0.25) is 4.79 Å². The molecule has 0 aromatic heterocycles. The molecule has 0 radical (unpaired) electrons. The van der Waals surface area contributed by atoms with Gasteiger partial charge in [0, 0.05) is 12.8 Å². The van der Waals surface area contributed by atoms with Crippen molar-refractivity contribution in [3.8, 4) is 5.75 Å². The van der Waals surface area contributed by atoms with E-state index in [2.05, 4.69) is 19.2 Å². The SMILES string of the molecule is CC[C@H](C)Oc1c(C)cc(NC(=O)C(C)(C)OC)cc1C. The summed E-state index contributed by atoms with van der Waals surface area (Å²) in [7, 11) is 1.53. The van der Waals surface area contributed by atoms with Crippen LogP contribution >= 0.6 is 0 Å². The number of nitrogens with one attached hydrogen (secondary N) is 1. The van der Waals surface area contributed by atoms with E-state index in [0.29, 0.717) is 0 Å². The van der Waals surface area contributed by atoms with E-state index in [9.17, 15) is 4.79 Å². The van der Waals surface area contributed by atoms with Crippen molar-refractivity contribution in [2.24, 2.45) is 0 Å². The molecule has 21 heavy (non-hydrogen) atoms. The largest absolute Gasteiger partial charge is 0.490 e. The lowest BCUT2D eigenvalue weighted by molar-refractivity contribution is -0.133. The van der Waals surface area contributed by atoms with Crippen molar-refractivity contribution >= 4 is 11.6 Å². The van der Waals surface area contributed by atoms with Crippen LogP contribution in [0.25, 0.3) is 0 Å². The van der Waals surface area contributed by atoms with Crippen LogP contribution in [0, 0.1) is 13.8 Å². The Morgan fingerprint density at radius 1 is 1.29 bits per heavy atom. The van der Waals surface area contributed by atoms with Gasteiger partial charge in [-0.05, 0) is 64.3 Å². The van der Waals surface area contributed by atoms with Crippen LogP contribution in [-0.4, -0.2) is 24.7 Å². The summed E-state index contributed by atoms with van der Waals surface area (Å²) < 4.78 is 11.1. The second kappa shape index (κ2) is 6.94. The van der Waals surface area contributed by atoms with Gasteiger partial charge in [0.2, 0.25) is 0 Å². The Balaban J connectivity index is 2.96. The molecule has 1 N–H and O–H groups in total. The third-order valence-corrected chi connectivity index (χ3v) is 3.67. The molecule has 1 rings (SSSR count). The quantitative estimate of drug-likeness (QED) is 0.866. The van der Waals surface area contributed by atoms with Gasteiger partial charge in [0.1, 0.15) is 11.4 Å². The smallest absolute Gasteiger partial charge is 0.256 e. The number of ether oxygens (including phenoxy) is 2.